The van der Waals surface area contributed by atoms with Gasteiger partial charge in [0.25, 0.3) is 10.0 Å². The molecule has 1 heterocycles. The highest BCUT2D eigenvalue weighted by Gasteiger charge is 2.18. The summed E-state index contributed by atoms with van der Waals surface area (Å²) in [6.07, 6.45) is 0.869. The highest BCUT2D eigenvalue weighted by atomic mass is 32.2. The first kappa shape index (κ1) is 13.4. The van der Waals surface area contributed by atoms with E-state index in [9.17, 15) is 17.2 Å². The molecule has 0 aliphatic carbocycles. The molecule has 1 N–H and O–H groups in total. The predicted octanol–water partition coefficient (Wildman–Crippen LogP) is 2.09. The van der Waals surface area contributed by atoms with Gasteiger partial charge in [-0.2, -0.15) is 9.65 Å². The van der Waals surface area contributed by atoms with Gasteiger partial charge in [-0.05, 0) is 18.2 Å². The van der Waals surface area contributed by atoms with E-state index in [0.29, 0.717) is 11.3 Å². The first-order valence-electron chi connectivity index (χ1n) is 4.76. The van der Waals surface area contributed by atoms with Gasteiger partial charge >= 0.3 is 0 Å². The van der Waals surface area contributed by atoms with Crippen molar-refractivity contribution in [1.29, 1.82) is 5.26 Å². The van der Waals surface area contributed by atoms with Crippen molar-refractivity contribution in [3.8, 4) is 6.07 Å². The molecule has 5 nitrogen and oxygen atoms in total. The maximum absolute atomic E-state index is 13.1. The zero-order valence-corrected chi connectivity index (χ0v) is 10.7. The van der Waals surface area contributed by atoms with Crippen molar-refractivity contribution in [1.82, 2.24) is 4.98 Å². The summed E-state index contributed by atoms with van der Waals surface area (Å²) in [5.74, 6) is -0.818. The number of thiazole rings is 1. The third kappa shape index (κ3) is 2.86. The van der Waals surface area contributed by atoms with Crippen LogP contribution in [0.15, 0.2) is 29.3 Å². The van der Waals surface area contributed by atoms with E-state index < -0.39 is 26.5 Å². The van der Waals surface area contributed by atoms with Crippen molar-refractivity contribution in [2.75, 3.05) is 4.72 Å². The Balaban J connectivity index is 2.37. The zero-order chi connectivity index (χ0) is 14.0. The molecule has 0 aliphatic heterocycles. The molecule has 0 bridgehead atoms. The van der Waals surface area contributed by atoms with Crippen LogP contribution in [-0.2, 0) is 10.0 Å². The standard InChI is InChI=1S/C10H5F2N3O2S2/c11-8-2-1-7(3-6(8)4-13)19(16,17)15-10-14-5-9(12)18-10/h1-3,5H,(H,14,15). The van der Waals surface area contributed by atoms with Crippen molar-refractivity contribution in [2.45, 2.75) is 4.90 Å². The van der Waals surface area contributed by atoms with Crippen LogP contribution in [0.25, 0.3) is 0 Å². The predicted molar refractivity (Wildman–Crippen MR) is 64.0 cm³/mol. The number of nitrogens with zero attached hydrogens (tertiary/aromatic N) is 2. The highest BCUT2D eigenvalue weighted by molar-refractivity contribution is 7.93. The van der Waals surface area contributed by atoms with E-state index in [-0.39, 0.29) is 10.0 Å². The first-order chi connectivity index (χ1) is 8.92. The lowest BCUT2D eigenvalue weighted by atomic mass is 10.2. The molecule has 0 spiro atoms. The first-order valence-corrected chi connectivity index (χ1v) is 7.06. The molecule has 19 heavy (non-hydrogen) atoms. The number of anilines is 1. The van der Waals surface area contributed by atoms with Crippen LogP contribution in [0.5, 0.6) is 0 Å². The Hall–Kier alpha value is -2.05. The summed E-state index contributed by atoms with van der Waals surface area (Å²) < 4.78 is 51.6. The van der Waals surface area contributed by atoms with E-state index in [4.69, 9.17) is 5.26 Å². The van der Waals surface area contributed by atoms with E-state index in [1.165, 1.54) is 6.07 Å². The molecule has 0 fully saturated rings. The number of nitriles is 1. The lowest BCUT2D eigenvalue weighted by Crippen LogP contribution is -2.13. The molecule has 1 aromatic heterocycles. The average Bonchev–Trinajstić information content (AvgIpc) is 2.74. The van der Waals surface area contributed by atoms with Gasteiger partial charge in [0.05, 0.1) is 16.7 Å². The molecule has 0 amide bonds. The van der Waals surface area contributed by atoms with Crippen LogP contribution in [-0.4, -0.2) is 13.4 Å². The van der Waals surface area contributed by atoms with Crippen molar-refractivity contribution >= 4 is 26.5 Å². The van der Waals surface area contributed by atoms with Crippen molar-refractivity contribution in [3.05, 3.63) is 40.9 Å². The van der Waals surface area contributed by atoms with Gasteiger partial charge in [0.1, 0.15) is 11.9 Å². The number of nitrogens with one attached hydrogen (secondary N) is 1. The summed E-state index contributed by atoms with van der Waals surface area (Å²) in [5, 5.41) is 7.84. The highest BCUT2D eigenvalue weighted by Crippen LogP contribution is 2.21. The van der Waals surface area contributed by atoms with Crippen molar-refractivity contribution < 1.29 is 17.2 Å². The fourth-order valence-electron chi connectivity index (χ4n) is 1.23. The number of aromatic nitrogens is 1. The van der Waals surface area contributed by atoms with Gasteiger partial charge in [-0.25, -0.2) is 17.8 Å². The Kier molecular flexibility index (Phi) is 3.46. The van der Waals surface area contributed by atoms with E-state index in [2.05, 4.69) is 4.98 Å². The summed E-state index contributed by atoms with van der Waals surface area (Å²) in [4.78, 5) is 3.20. The third-order valence-corrected chi connectivity index (χ3v) is 4.23. The zero-order valence-electron chi connectivity index (χ0n) is 9.09. The van der Waals surface area contributed by atoms with Crippen LogP contribution < -0.4 is 4.72 Å². The van der Waals surface area contributed by atoms with Crippen molar-refractivity contribution in [2.24, 2.45) is 0 Å². The molecule has 0 saturated carbocycles. The normalized spacial score (nSPS) is 11.0. The van der Waals surface area contributed by atoms with Gasteiger partial charge in [0.15, 0.2) is 10.3 Å². The number of sulfonamides is 1. The fourth-order valence-corrected chi connectivity index (χ4v) is 3.04. The largest absolute Gasteiger partial charge is 0.263 e. The van der Waals surface area contributed by atoms with E-state index in [1.54, 1.807) is 0 Å². The summed E-state index contributed by atoms with van der Waals surface area (Å²) in [7, 11) is -4.04. The minimum absolute atomic E-state index is 0.152. The van der Waals surface area contributed by atoms with E-state index >= 15 is 0 Å². The van der Waals surface area contributed by atoms with Gasteiger partial charge in [-0.1, -0.05) is 11.3 Å². The Morgan fingerprint density at radius 2 is 2.11 bits per heavy atom. The second kappa shape index (κ2) is 4.91. The number of hydrogen-bond acceptors (Lipinski definition) is 5. The van der Waals surface area contributed by atoms with Gasteiger partial charge in [0.2, 0.25) is 0 Å². The topological polar surface area (TPSA) is 82.8 Å². The minimum Gasteiger partial charge on any atom is -0.255 e. The molecule has 0 radical (unpaired) electrons. The van der Waals surface area contributed by atoms with Gasteiger partial charge in [-0.15, -0.1) is 0 Å². The molecule has 0 aliphatic rings. The fraction of sp³-hybridized carbons (Fsp3) is 0. The molecular formula is C10H5F2N3O2S2. The SMILES string of the molecule is N#Cc1cc(S(=O)(=O)Nc2ncc(F)s2)ccc1F. The Morgan fingerprint density at radius 1 is 1.37 bits per heavy atom. The number of halogens is 2. The molecule has 1 aromatic carbocycles. The maximum Gasteiger partial charge on any atom is 0.263 e. The Bertz CT molecular complexity index is 765. The summed E-state index contributed by atoms with van der Waals surface area (Å²) in [6, 6.07) is 4.30. The maximum atomic E-state index is 13.1. The quantitative estimate of drug-likeness (QED) is 0.941. The molecule has 2 rings (SSSR count). The molecule has 9 heteroatoms. The summed E-state index contributed by atoms with van der Waals surface area (Å²) in [5.41, 5.74) is -0.395. The summed E-state index contributed by atoms with van der Waals surface area (Å²) in [6.45, 7) is 0. The molecule has 2 aromatic rings. The number of hydrogen-bond donors (Lipinski definition) is 1. The number of benzene rings is 1. The minimum atomic E-state index is -4.04. The van der Waals surface area contributed by atoms with Crippen LogP contribution >= 0.6 is 11.3 Å². The molecule has 0 atom stereocenters. The van der Waals surface area contributed by atoms with Crippen LogP contribution in [0, 0.1) is 22.3 Å². The van der Waals surface area contributed by atoms with Crippen LogP contribution in [0.2, 0.25) is 0 Å². The van der Waals surface area contributed by atoms with E-state index in [1.807, 2.05) is 4.72 Å². The Morgan fingerprint density at radius 3 is 2.68 bits per heavy atom. The second-order valence-corrected chi connectivity index (χ2v) is 5.99. The summed E-state index contributed by atoms with van der Waals surface area (Å²) >= 11 is 0.515. The van der Waals surface area contributed by atoms with Crippen LogP contribution in [0.3, 0.4) is 0 Å². The van der Waals surface area contributed by atoms with Crippen LogP contribution in [0.4, 0.5) is 13.9 Å². The third-order valence-electron chi connectivity index (χ3n) is 2.07. The van der Waals surface area contributed by atoms with Crippen LogP contribution in [0.1, 0.15) is 5.56 Å². The lowest BCUT2D eigenvalue weighted by Gasteiger charge is -2.05. The molecule has 98 valence electrons. The van der Waals surface area contributed by atoms with Gasteiger partial charge in [0, 0.05) is 0 Å². The van der Waals surface area contributed by atoms with E-state index in [0.717, 1.165) is 24.4 Å². The van der Waals surface area contributed by atoms with Gasteiger partial charge in [-0.3, -0.25) is 4.72 Å². The van der Waals surface area contributed by atoms with Crippen molar-refractivity contribution in [3.63, 3.8) is 0 Å². The smallest absolute Gasteiger partial charge is 0.255 e. The lowest BCUT2D eigenvalue weighted by molar-refractivity contribution is 0.599. The second-order valence-electron chi connectivity index (χ2n) is 3.33. The number of rotatable bonds is 3. The average molecular weight is 301 g/mol. The molecule has 0 saturated heterocycles. The molecule has 0 unspecified atom stereocenters. The monoisotopic (exact) mass is 301 g/mol. The van der Waals surface area contributed by atoms with Gasteiger partial charge < -0.3 is 0 Å². The molecular weight excluding hydrogens is 296 g/mol. The Labute approximate surface area is 111 Å².